The molecule has 0 saturated carbocycles. The number of pyridine rings is 1. The average molecular weight is 296 g/mol. The van der Waals surface area contributed by atoms with Crippen LogP contribution >= 0.6 is 0 Å². The summed E-state index contributed by atoms with van der Waals surface area (Å²) in [6.07, 6.45) is 4.61. The van der Waals surface area contributed by atoms with Gasteiger partial charge < -0.3 is 13.9 Å². The molecule has 3 aromatic rings. The number of carbonyl (C=O) groups excluding carboxylic acids is 1. The van der Waals surface area contributed by atoms with Gasteiger partial charge in [0.25, 0.3) is 0 Å². The number of para-hydroxylation sites is 1. The van der Waals surface area contributed by atoms with Crippen LogP contribution in [0.15, 0.2) is 42.7 Å². The number of aryl methyl sites for hydroxylation is 1. The van der Waals surface area contributed by atoms with Crippen molar-refractivity contribution >= 4 is 11.9 Å². The predicted molar refractivity (Wildman–Crippen MR) is 82.6 cm³/mol. The van der Waals surface area contributed by atoms with E-state index in [2.05, 4.69) is 4.98 Å². The smallest absolute Gasteiger partial charge is 0.172 e. The highest BCUT2D eigenvalue weighted by atomic mass is 16.5. The Morgan fingerprint density at radius 2 is 2.14 bits per heavy atom. The summed E-state index contributed by atoms with van der Waals surface area (Å²) >= 11 is 0. The average Bonchev–Trinajstić information content (AvgIpc) is 2.97. The lowest BCUT2D eigenvalue weighted by atomic mass is 10.2. The van der Waals surface area contributed by atoms with Gasteiger partial charge in [0.05, 0.1) is 18.4 Å². The van der Waals surface area contributed by atoms with E-state index in [0.717, 1.165) is 23.2 Å². The maximum absolute atomic E-state index is 11.1. The lowest BCUT2D eigenvalue weighted by Crippen LogP contribution is -2.01. The normalized spacial score (nSPS) is 10.6. The molecule has 112 valence electrons. The first-order chi connectivity index (χ1) is 10.7. The summed E-state index contributed by atoms with van der Waals surface area (Å²) in [7, 11) is 1.55. The maximum Gasteiger partial charge on any atom is 0.172 e. The van der Waals surface area contributed by atoms with Gasteiger partial charge in [-0.1, -0.05) is 12.1 Å². The first-order valence-corrected chi connectivity index (χ1v) is 6.91. The van der Waals surface area contributed by atoms with E-state index in [1.165, 1.54) is 0 Å². The van der Waals surface area contributed by atoms with Gasteiger partial charge in [-0.05, 0) is 30.7 Å². The minimum Gasteiger partial charge on any atom is -0.493 e. The number of aldehydes is 1. The van der Waals surface area contributed by atoms with Gasteiger partial charge in [-0.15, -0.1) is 0 Å². The summed E-state index contributed by atoms with van der Waals surface area (Å²) in [5.41, 5.74) is 3.24. The number of ether oxygens (including phenoxy) is 2. The number of nitrogens with zero attached hydrogens (tertiary/aromatic N) is 2. The number of aromatic nitrogens is 2. The molecule has 5 nitrogen and oxygen atoms in total. The van der Waals surface area contributed by atoms with Crippen LogP contribution in [0, 0.1) is 6.92 Å². The van der Waals surface area contributed by atoms with Gasteiger partial charge in [0, 0.05) is 12.4 Å². The molecule has 0 radical (unpaired) electrons. The molecule has 0 bridgehead atoms. The molecule has 2 heterocycles. The molecule has 0 spiro atoms. The third kappa shape index (κ3) is 2.53. The van der Waals surface area contributed by atoms with Gasteiger partial charge in [-0.2, -0.15) is 0 Å². The van der Waals surface area contributed by atoms with E-state index in [0.29, 0.717) is 17.1 Å². The molecule has 0 unspecified atom stereocenters. The minimum atomic E-state index is 0.266. The Bertz CT molecular complexity index is 824. The van der Waals surface area contributed by atoms with Gasteiger partial charge in [-0.3, -0.25) is 4.79 Å². The van der Waals surface area contributed by atoms with Crippen molar-refractivity contribution in [3.05, 3.63) is 59.5 Å². The van der Waals surface area contributed by atoms with Crippen LogP contribution in [0.4, 0.5) is 0 Å². The molecule has 0 fully saturated rings. The predicted octanol–water partition coefficient (Wildman–Crippen LogP) is 3.04. The summed E-state index contributed by atoms with van der Waals surface area (Å²) in [5, 5.41) is 0. The van der Waals surface area contributed by atoms with Gasteiger partial charge in [0.1, 0.15) is 12.3 Å². The number of methoxy groups -OCH3 is 1. The number of benzene rings is 1. The number of imidazole rings is 1. The quantitative estimate of drug-likeness (QED) is 0.679. The third-order valence-electron chi connectivity index (χ3n) is 3.45. The second kappa shape index (κ2) is 5.89. The van der Waals surface area contributed by atoms with E-state index in [9.17, 15) is 4.79 Å². The van der Waals surface area contributed by atoms with Crippen molar-refractivity contribution in [2.75, 3.05) is 7.11 Å². The second-order valence-corrected chi connectivity index (χ2v) is 4.94. The van der Waals surface area contributed by atoms with Crippen LogP contribution in [0.3, 0.4) is 0 Å². The third-order valence-corrected chi connectivity index (χ3v) is 3.45. The molecule has 2 aromatic heterocycles. The van der Waals surface area contributed by atoms with Crippen LogP contribution in [-0.2, 0) is 6.61 Å². The molecule has 0 aliphatic rings. The summed E-state index contributed by atoms with van der Waals surface area (Å²) in [6.45, 7) is 2.28. The van der Waals surface area contributed by atoms with Gasteiger partial charge in [0.15, 0.2) is 17.8 Å². The van der Waals surface area contributed by atoms with Gasteiger partial charge >= 0.3 is 0 Å². The van der Waals surface area contributed by atoms with Crippen LogP contribution in [0.5, 0.6) is 11.5 Å². The van der Waals surface area contributed by atoms with E-state index < -0.39 is 0 Å². The van der Waals surface area contributed by atoms with Crippen molar-refractivity contribution in [1.29, 1.82) is 0 Å². The Labute approximate surface area is 128 Å². The summed E-state index contributed by atoms with van der Waals surface area (Å²) < 4.78 is 13.0. The topological polar surface area (TPSA) is 52.8 Å². The van der Waals surface area contributed by atoms with E-state index >= 15 is 0 Å². The summed E-state index contributed by atoms with van der Waals surface area (Å²) in [4.78, 5) is 15.7. The molecule has 3 rings (SSSR count). The van der Waals surface area contributed by atoms with Crippen LogP contribution in [0.2, 0.25) is 0 Å². The number of hydrogen-bond donors (Lipinski definition) is 0. The van der Waals surface area contributed by atoms with Crippen molar-refractivity contribution in [3.8, 4) is 11.5 Å². The lowest BCUT2D eigenvalue weighted by Gasteiger charge is -2.11. The van der Waals surface area contributed by atoms with Crippen LogP contribution in [-0.4, -0.2) is 22.8 Å². The van der Waals surface area contributed by atoms with Crippen LogP contribution in [0.25, 0.3) is 5.65 Å². The zero-order valence-electron chi connectivity index (χ0n) is 12.4. The van der Waals surface area contributed by atoms with Crippen molar-refractivity contribution in [2.24, 2.45) is 0 Å². The monoisotopic (exact) mass is 296 g/mol. The number of carbonyl (C=O) groups is 1. The lowest BCUT2D eigenvalue weighted by molar-refractivity contribution is 0.111. The van der Waals surface area contributed by atoms with Crippen LogP contribution < -0.4 is 9.47 Å². The van der Waals surface area contributed by atoms with E-state index in [4.69, 9.17) is 9.47 Å². The zero-order valence-corrected chi connectivity index (χ0v) is 12.4. The Kier molecular flexibility index (Phi) is 3.78. The van der Waals surface area contributed by atoms with E-state index in [-0.39, 0.29) is 6.61 Å². The van der Waals surface area contributed by atoms with Crippen molar-refractivity contribution < 1.29 is 14.3 Å². The standard InChI is InChI=1S/C17H16N2O3/c1-12-5-4-8-19-9-14(18-17(12)19)11-22-16-13(10-20)6-3-7-15(16)21-2/h3-10H,11H2,1-2H3. The summed E-state index contributed by atoms with van der Waals surface area (Å²) in [6, 6.07) is 9.19. The Balaban J connectivity index is 1.88. The molecule has 0 N–H and O–H groups in total. The first-order valence-electron chi connectivity index (χ1n) is 6.91. The Hall–Kier alpha value is -2.82. The Morgan fingerprint density at radius 1 is 1.27 bits per heavy atom. The number of hydrogen-bond acceptors (Lipinski definition) is 4. The van der Waals surface area contributed by atoms with Gasteiger partial charge in [-0.25, -0.2) is 4.98 Å². The molecule has 22 heavy (non-hydrogen) atoms. The summed E-state index contributed by atoms with van der Waals surface area (Å²) in [5.74, 6) is 0.971. The van der Waals surface area contributed by atoms with E-state index in [1.807, 2.05) is 35.9 Å². The highest BCUT2D eigenvalue weighted by Crippen LogP contribution is 2.30. The maximum atomic E-state index is 11.1. The zero-order chi connectivity index (χ0) is 15.5. The Morgan fingerprint density at radius 3 is 2.86 bits per heavy atom. The highest BCUT2D eigenvalue weighted by Gasteiger charge is 2.11. The molecule has 5 heteroatoms. The molecule has 0 aliphatic carbocycles. The van der Waals surface area contributed by atoms with Crippen LogP contribution in [0.1, 0.15) is 21.6 Å². The molecule has 0 atom stereocenters. The first kappa shape index (κ1) is 14.1. The molecule has 0 amide bonds. The van der Waals surface area contributed by atoms with Gasteiger partial charge in [0.2, 0.25) is 0 Å². The number of fused-ring (bicyclic) bond motifs is 1. The number of rotatable bonds is 5. The molecular weight excluding hydrogens is 280 g/mol. The fourth-order valence-electron chi connectivity index (χ4n) is 2.36. The minimum absolute atomic E-state index is 0.266. The van der Waals surface area contributed by atoms with E-state index in [1.54, 1.807) is 25.3 Å². The van der Waals surface area contributed by atoms with Crippen molar-refractivity contribution in [3.63, 3.8) is 0 Å². The largest absolute Gasteiger partial charge is 0.493 e. The molecule has 0 aliphatic heterocycles. The fourth-order valence-corrected chi connectivity index (χ4v) is 2.36. The second-order valence-electron chi connectivity index (χ2n) is 4.94. The SMILES string of the molecule is COc1cccc(C=O)c1OCc1cn2cccc(C)c2n1. The molecular formula is C17H16N2O3. The molecule has 1 aromatic carbocycles. The highest BCUT2D eigenvalue weighted by molar-refractivity contribution is 5.81. The van der Waals surface area contributed by atoms with Crippen molar-refractivity contribution in [1.82, 2.24) is 9.38 Å². The van der Waals surface area contributed by atoms with Crippen molar-refractivity contribution in [2.45, 2.75) is 13.5 Å². The fraction of sp³-hybridized carbons (Fsp3) is 0.176. The molecule has 0 saturated heterocycles.